The molecule has 0 aliphatic heterocycles. The van der Waals surface area contributed by atoms with Gasteiger partial charge in [0.05, 0.1) is 25.3 Å². The summed E-state index contributed by atoms with van der Waals surface area (Å²) < 4.78 is 6.92. The number of aryl methyl sites for hydroxylation is 2. The van der Waals surface area contributed by atoms with Gasteiger partial charge in [0.25, 0.3) is 0 Å². The van der Waals surface area contributed by atoms with Gasteiger partial charge >= 0.3 is 0 Å². The largest absolute Gasteiger partial charge is 0.497 e. The van der Waals surface area contributed by atoms with Crippen LogP contribution in [0.2, 0.25) is 0 Å². The number of carbonyl (C=O) groups excluding carboxylic acids is 2. The minimum Gasteiger partial charge on any atom is -0.497 e. The number of carbonyl (C=O) groups is 2. The summed E-state index contributed by atoms with van der Waals surface area (Å²) in [6.07, 6.45) is 0.263. The number of hydrogen-bond donors (Lipinski definition) is 2. The van der Waals surface area contributed by atoms with E-state index in [-0.39, 0.29) is 30.0 Å². The molecule has 0 bridgehead atoms. The molecule has 2 N–H and O–H groups in total. The van der Waals surface area contributed by atoms with Crippen molar-refractivity contribution in [2.75, 3.05) is 12.4 Å². The van der Waals surface area contributed by atoms with E-state index in [0.29, 0.717) is 11.0 Å². The molecule has 2 aromatic carbocycles. The molecule has 0 aliphatic carbocycles. The highest BCUT2D eigenvalue weighted by atomic mass is 32.2. The zero-order valence-corrected chi connectivity index (χ0v) is 20.3. The lowest BCUT2D eigenvalue weighted by atomic mass is 10.1. The lowest BCUT2D eigenvalue weighted by Gasteiger charge is -2.13. The van der Waals surface area contributed by atoms with E-state index in [1.54, 1.807) is 11.7 Å². The molecular weight excluding hydrogens is 438 g/mol. The Morgan fingerprint density at radius 1 is 1.09 bits per heavy atom. The molecule has 1 aromatic heterocycles. The maximum atomic E-state index is 12.6. The van der Waals surface area contributed by atoms with Crippen LogP contribution in [0.4, 0.5) is 5.69 Å². The summed E-state index contributed by atoms with van der Waals surface area (Å²) >= 11 is 1.32. The van der Waals surface area contributed by atoms with Crippen LogP contribution >= 0.6 is 11.8 Å². The Morgan fingerprint density at radius 2 is 1.82 bits per heavy atom. The Morgan fingerprint density at radius 3 is 2.48 bits per heavy atom. The van der Waals surface area contributed by atoms with Crippen molar-refractivity contribution in [3.8, 4) is 5.75 Å². The minimum absolute atomic E-state index is 0.111. The van der Waals surface area contributed by atoms with E-state index >= 15 is 0 Å². The maximum Gasteiger partial charge on any atom is 0.237 e. The number of methoxy groups -OCH3 is 1. The Labute approximate surface area is 198 Å². The number of thioether (sulfide) groups is 1. The van der Waals surface area contributed by atoms with E-state index in [9.17, 15) is 9.59 Å². The fourth-order valence-electron chi connectivity index (χ4n) is 3.05. The number of benzene rings is 2. The molecule has 9 heteroatoms. The molecule has 0 unspecified atom stereocenters. The van der Waals surface area contributed by atoms with Crippen LogP contribution in [0.5, 0.6) is 5.75 Å². The normalized spacial score (nSPS) is 11.7. The van der Waals surface area contributed by atoms with Crippen molar-refractivity contribution < 1.29 is 14.3 Å². The minimum atomic E-state index is -0.368. The van der Waals surface area contributed by atoms with Gasteiger partial charge in [-0.25, -0.2) is 0 Å². The van der Waals surface area contributed by atoms with Gasteiger partial charge in [0.1, 0.15) is 5.75 Å². The van der Waals surface area contributed by atoms with E-state index < -0.39 is 0 Å². The molecule has 0 radical (unpaired) electrons. The summed E-state index contributed by atoms with van der Waals surface area (Å²) in [7, 11) is 3.43. The summed E-state index contributed by atoms with van der Waals surface area (Å²) in [6, 6.07) is 13.2. The second-order valence-electron chi connectivity index (χ2n) is 7.81. The van der Waals surface area contributed by atoms with Crippen molar-refractivity contribution in [2.24, 2.45) is 7.05 Å². The molecule has 1 atom stereocenters. The summed E-state index contributed by atoms with van der Waals surface area (Å²) in [5.41, 5.74) is 3.97. The third kappa shape index (κ3) is 6.58. The van der Waals surface area contributed by atoms with Gasteiger partial charge in [-0.05, 0) is 61.7 Å². The molecule has 2 amide bonds. The molecule has 0 spiro atoms. The topological polar surface area (TPSA) is 98.1 Å². The van der Waals surface area contributed by atoms with Crippen LogP contribution in [0.25, 0.3) is 0 Å². The van der Waals surface area contributed by atoms with Crippen molar-refractivity contribution in [1.82, 2.24) is 20.1 Å². The van der Waals surface area contributed by atoms with Gasteiger partial charge in [-0.1, -0.05) is 30.0 Å². The fraction of sp³-hybridized carbons (Fsp3) is 0.333. The number of ether oxygens (including phenoxy) is 1. The molecular formula is C24H29N5O3S. The summed E-state index contributed by atoms with van der Waals surface area (Å²) in [4.78, 5) is 24.9. The third-order valence-corrected chi connectivity index (χ3v) is 6.45. The van der Waals surface area contributed by atoms with Crippen LogP contribution in [-0.4, -0.2) is 38.9 Å². The van der Waals surface area contributed by atoms with Crippen LogP contribution in [0.1, 0.15) is 29.4 Å². The zero-order chi connectivity index (χ0) is 24.0. The highest BCUT2D eigenvalue weighted by Gasteiger charge is 2.19. The van der Waals surface area contributed by atoms with Crippen molar-refractivity contribution in [2.45, 2.75) is 44.1 Å². The van der Waals surface area contributed by atoms with Gasteiger partial charge in [-0.15, -0.1) is 10.2 Å². The average Bonchev–Trinajstić information content (AvgIpc) is 3.14. The van der Waals surface area contributed by atoms with Crippen LogP contribution in [-0.2, 0) is 29.6 Å². The van der Waals surface area contributed by atoms with Gasteiger partial charge < -0.3 is 19.9 Å². The van der Waals surface area contributed by atoms with Crippen LogP contribution < -0.4 is 15.4 Å². The maximum absolute atomic E-state index is 12.6. The van der Waals surface area contributed by atoms with Crippen LogP contribution in [0.3, 0.4) is 0 Å². The SMILES string of the molecule is COc1ccc(CC(=O)NCc2nnc(S[C@@H](C)C(=O)Nc3ccc(C)c(C)c3)n2C)cc1. The molecule has 0 saturated heterocycles. The highest BCUT2D eigenvalue weighted by molar-refractivity contribution is 8.00. The second kappa shape index (κ2) is 11.0. The highest BCUT2D eigenvalue weighted by Crippen LogP contribution is 2.23. The van der Waals surface area contributed by atoms with Gasteiger partial charge in [-0.2, -0.15) is 0 Å². The van der Waals surface area contributed by atoms with Crippen molar-refractivity contribution >= 4 is 29.3 Å². The van der Waals surface area contributed by atoms with E-state index in [4.69, 9.17) is 4.74 Å². The van der Waals surface area contributed by atoms with Crippen LogP contribution in [0, 0.1) is 13.8 Å². The summed E-state index contributed by atoms with van der Waals surface area (Å²) in [6.45, 7) is 6.13. The number of aromatic nitrogens is 3. The molecule has 174 valence electrons. The molecule has 8 nitrogen and oxygen atoms in total. The molecule has 33 heavy (non-hydrogen) atoms. The molecule has 0 aliphatic rings. The Hall–Kier alpha value is -3.33. The third-order valence-electron chi connectivity index (χ3n) is 5.32. The van der Waals surface area contributed by atoms with Gasteiger partial charge in [0.15, 0.2) is 11.0 Å². The van der Waals surface area contributed by atoms with Gasteiger partial charge in [-0.3, -0.25) is 9.59 Å². The number of nitrogens with one attached hydrogen (secondary N) is 2. The standard InChI is InChI=1S/C24H29N5O3S/c1-15-6-9-19(12-16(15)2)26-23(31)17(3)33-24-28-27-21(29(24)4)14-25-22(30)13-18-7-10-20(32-5)11-8-18/h6-12,17H,13-14H2,1-5H3,(H,25,30)(H,26,31)/t17-/m0/s1. The first-order valence-corrected chi connectivity index (χ1v) is 11.5. The zero-order valence-electron chi connectivity index (χ0n) is 19.5. The summed E-state index contributed by atoms with van der Waals surface area (Å²) in [5.74, 6) is 1.14. The smallest absolute Gasteiger partial charge is 0.237 e. The van der Waals surface area contributed by atoms with Gasteiger partial charge in [0, 0.05) is 12.7 Å². The van der Waals surface area contributed by atoms with E-state index in [0.717, 1.165) is 22.6 Å². The molecule has 1 heterocycles. The number of hydrogen-bond acceptors (Lipinski definition) is 6. The van der Waals surface area contributed by atoms with Crippen molar-refractivity contribution in [3.05, 3.63) is 65.0 Å². The van der Waals surface area contributed by atoms with Gasteiger partial charge in [0.2, 0.25) is 11.8 Å². The van der Waals surface area contributed by atoms with Crippen molar-refractivity contribution in [1.29, 1.82) is 0 Å². The quantitative estimate of drug-likeness (QED) is 0.468. The lowest BCUT2D eigenvalue weighted by Crippen LogP contribution is -2.26. The average molecular weight is 468 g/mol. The first-order chi connectivity index (χ1) is 15.8. The first-order valence-electron chi connectivity index (χ1n) is 10.6. The number of anilines is 1. The molecule has 0 fully saturated rings. The number of rotatable bonds is 9. The van der Waals surface area contributed by atoms with E-state index in [2.05, 4.69) is 20.8 Å². The van der Waals surface area contributed by atoms with E-state index in [1.807, 2.05) is 70.3 Å². The Balaban J connectivity index is 1.52. The monoisotopic (exact) mass is 467 g/mol. The Bertz CT molecular complexity index is 1130. The molecule has 0 saturated carbocycles. The second-order valence-corrected chi connectivity index (χ2v) is 9.12. The Kier molecular flexibility index (Phi) is 8.11. The molecule has 3 rings (SSSR count). The summed E-state index contributed by atoms with van der Waals surface area (Å²) in [5, 5.41) is 14.4. The fourth-order valence-corrected chi connectivity index (χ4v) is 3.88. The van der Waals surface area contributed by atoms with E-state index in [1.165, 1.54) is 17.3 Å². The predicted octanol–water partition coefficient (Wildman–Crippen LogP) is 3.42. The first kappa shape index (κ1) is 24.3. The number of amides is 2. The lowest BCUT2D eigenvalue weighted by molar-refractivity contribution is -0.120. The number of nitrogens with zero attached hydrogens (tertiary/aromatic N) is 3. The van der Waals surface area contributed by atoms with Crippen molar-refractivity contribution in [3.63, 3.8) is 0 Å². The van der Waals surface area contributed by atoms with Crippen LogP contribution in [0.15, 0.2) is 47.6 Å². The molecule has 3 aromatic rings. The predicted molar refractivity (Wildman–Crippen MR) is 129 cm³/mol.